The van der Waals surface area contributed by atoms with E-state index in [2.05, 4.69) is 21.2 Å². The van der Waals surface area contributed by atoms with Gasteiger partial charge in [0.1, 0.15) is 11.8 Å². The summed E-state index contributed by atoms with van der Waals surface area (Å²) in [6.07, 6.45) is 0. The second kappa shape index (κ2) is 10.1. The largest absolute Gasteiger partial charge is 0.483 e. The van der Waals surface area contributed by atoms with Crippen LogP contribution in [0.2, 0.25) is 0 Å². The predicted molar refractivity (Wildman–Crippen MR) is 123 cm³/mol. The third kappa shape index (κ3) is 7.17. The minimum Gasteiger partial charge on any atom is -0.483 e. The number of hydrogen-bond donors (Lipinski definition) is 1. The van der Waals surface area contributed by atoms with Gasteiger partial charge in [0.05, 0.1) is 0 Å². The Morgan fingerprint density at radius 2 is 1.83 bits per heavy atom. The first-order valence-corrected chi connectivity index (χ1v) is 10.8. The average molecular weight is 475 g/mol. The van der Waals surface area contributed by atoms with Gasteiger partial charge in [-0.2, -0.15) is 0 Å². The number of hydrogen-bond acceptors (Lipinski definition) is 3. The smallest absolute Gasteiger partial charge is 0.261 e. The van der Waals surface area contributed by atoms with E-state index in [0.717, 1.165) is 21.2 Å². The molecule has 0 saturated carbocycles. The van der Waals surface area contributed by atoms with Crippen molar-refractivity contribution in [3.63, 3.8) is 0 Å². The van der Waals surface area contributed by atoms with Crippen LogP contribution in [0.1, 0.15) is 44.4 Å². The number of benzene rings is 2. The predicted octanol–water partition coefficient (Wildman–Crippen LogP) is 4.78. The molecule has 0 heterocycles. The van der Waals surface area contributed by atoms with Gasteiger partial charge >= 0.3 is 0 Å². The number of rotatable bonds is 7. The lowest BCUT2D eigenvalue weighted by molar-refractivity contribution is -0.142. The highest BCUT2D eigenvalue weighted by molar-refractivity contribution is 9.10. The van der Waals surface area contributed by atoms with E-state index < -0.39 is 6.04 Å². The third-order valence-electron chi connectivity index (χ3n) is 4.59. The quantitative estimate of drug-likeness (QED) is 0.628. The maximum absolute atomic E-state index is 13.1. The molecule has 30 heavy (non-hydrogen) atoms. The van der Waals surface area contributed by atoms with Gasteiger partial charge in [-0.25, -0.2) is 0 Å². The fraction of sp³-hybridized carbons (Fsp3) is 0.417. The van der Waals surface area contributed by atoms with Crippen LogP contribution < -0.4 is 10.1 Å². The molecule has 0 saturated heterocycles. The maximum Gasteiger partial charge on any atom is 0.261 e. The summed E-state index contributed by atoms with van der Waals surface area (Å²) in [7, 11) is 0. The Labute approximate surface area is 187 Å². The van der Waals surface area contributed by atoms with Crippen LogP contribution >= 0.6 is 15.9 Å². The zero-order chi connectivity index (χ0) is 22.5. The van der Waals surface area contributed by atoms with Crippen molar-refractivity contribution in [1.82, 2.24) is 10.2 Å². The molecule has 2 rings (SSSR count). The Balaban J connectivity index is 2.20. The summed E-state index contributed by atoms with van der Waals surface area (Å²) >= 11 is 3.46. The van der Waals surface area contributed by atoms with E-state index in [1.54, 1.807) is 11.8 Å². The highest BCUT2D eigenvalue weighted by Gasteiger charge is 2.28. The fourth-order valence-corrected chi connectivity index (χ4v) is 3.52. The Bertz CT molecular complexity index is 906. The molecule has 1 N–H and O–H groups in total. The summed E-state index contributed by atoms with van der Waals surface area (Å²) in [5.41, 5.74) is 2.65. The molecule has 0 bridgehead atoms. The molecule has 0 aromatic heterocycles. The molecule has 0 aliphatic carbocycles. The van der Waals surface area contributed by atoms with E-state index in [1.807, 2.05) is 77.1 Å². The molecule has 0 spiro atoms. The summed E-state index contributed by atoms with van der Waals surface area (Å²) < 4.78 is 6.72. The first kappa shape index (κ1) is 23.9. The van der Waals surface area contributed by atoms with Crippen molar-refractivity contribution in [2.45, 2.75) is 59.7 Å². The number of carbonyl (C=O) groups is 2. The standard InChI is InChI=1S/C24H31BrN2O3/c1-16-10-11-21(17(2)12-16)30-15-22(28)27(14-19-8-7-9-20(25)13-19)18(3)23(29)26-24(4,5)6/h7-13,18H,14-15H2,1-6H3,(H,26,29)/t18-/m1/s1. The van der Waals surface area contributed by atoms with E-state index in [-0.39, 0.29) is 24.0 Å². The zero-order valence-electron chi connectivity index (χ0n) is 18.6. The molecule has 2 aromatic rings. The molecular weight excluding hydrogens is 444 g/mol. The molecule has 0 radical (unpaired) electrons. The van der Waals surface area contributed by atoms with E-state index in [9.17, 15) is 9.59 Å². The van der Waals surface area contributed by atoms with Crippen LogP contribution in [0.15, 0.2) is 46.9 Å². The summed E-state index contributed by atoms with van der Waals surface area (Å²) in [5.74, 6) is 0.229. The molecule has 2 amide bonds. The molecule has 5 nitrogen and oxygen atoms in total. The van der Waals surface area contributed by atoms with Gasteiger partial charge in [-0.15, -0.1) is 0 Å². The molecule has 2 aromatic carbocycles. The summed E-state index contributed by atoms with van der Waals surface area (Å²) in [6.45, 7) is 11.6. The Morgan fingerprint density at radius 1 is 1.13 bits per heavy atom. The van der Waals surface area contributed by atoms with Crippen molar-refractivity contribution in [2.75, 3.05) is 6.61 Å². The minimum atomic E-state index is -0.640. The van der Waals surface area contributed by atoms with E-state index >= 15 is 0 Å². The van der Waals surface area contributed by atoms with Crippen LogP contribution in [0.3, 0.4) is 0 Å². The van der Waals surface area contributed by atoms with Crippen molar-refractivity contribution < 1.29 is 14.3 Å². The van der Waals surface area contributed by atoms with Gasteiger partial charge in [-0.1, -0.05) is 45.8 Å². The van der Waals surface area contributed by atoms with Crippen molar-refractivity contribution in [1.29, 1.82) is 0 Å². The van der Waals surface area contributed by atoms with Gasteiger partial charge in [0.2, 0.25) is 5.91 Å². The first-order valence-electron chi connectivity index (χ1n) is 10.0. The van der Waals surface area contributed by atoms with Gasteiger partial charge in [0, 0.05) is 16.6 Å². The number of halogens is 1. The Kier molecular flexibility index (Phi) is 8.07. The fourth-order valence-electron chi connectivity index (χ4n) is 3.07. The number of nitrogens with zero attached hydrogens (tertiary/aromatic N) is 1. The van der Waals surface area contributed by atoms with Crippen molar-refractivity contribution in [3.8, 4) is 5.75 Å². The molecule has 0 aliphatic heterocycles. The van der Waals surface area contributed by atoms with E-state index in [1.165, 1.54) is 0 Å². The van der Waals surface area contributed by atoms with Crippen LogP contribution in [0.5, 0.6) is 5.75 Å². The number of carbonyl (C=O) groups excluding carboxylic acids is 2. The highest BCUT2D eigenvalue weighted by atomic mass is 79.9. The SMILES string of the molecule is Cc1ccc(OCC(=O)N(Cc2cccc(Br)c2)[C@H](C)C(=O)NC(C)(C)C)c(C)c1. The highest BCUT2D eigenvalue weighted by Crippen LogP contribution is 2.20. The average Bonchev–Trinajstić information content (AvgIpc) is 2.63. The second-order valence-electron chi connectivity index (χ2n) is 8.62. The number of nitrogens with one attached hydrogen (secondary N) is 1. The Hall–Kier alpha value is -2.34. The Morgan fingerprint density at radius 3 is 2.43 bits per heavy atom. The lowest BCUT2D eigenvalue weighted by Gasteiger charge is -2.31. The van der Waals surface area contributed by atoms with Crippen LogP contribution in [0.25, 0.3) is 0 Å². The first-order chi connectivity index (χ1) is 14.0. The van der Waals surface area contributed by atoms with Gasteiger partial charge in [-0.3, -0.25) is 9.59 Å². The molecule has 162 valence electrons. The molecule has 0 fully saturated rings. The van der Waals surface area contributed by atoms with Crippen molar-refractivity contribution >= 4 is 27.7 Å². The van der Waals surface area contributed by atoms with Gasteiger partial charge in [0.15, 0.2) is 6.61 Å². The second-order valence-corrected chi connectivity index (χ2v) is 9.54. The minimum absolute atomic E-state index is 0.134. The number of ether oxygens (including phenoxy) is 1. The van der Waals surface area contributed by atoms with Crippen molar-refractivity contribution in [3.05, 3.63) is 63.6 Å². The zero-order valence-corrected chi connectivity index (χ0v) is 20.2. The van der Waals surface area contributed by atoms with E-state index in [4.69, 9.17) is 4.74 Å². The van der Waals surface area contributed by atoms with Gasteiger partial charge < -0.3 is 15.0 Å². The molecule has 0 aliphatic rings. The van der Waals surface area contributed by atoms with Crippen LogP contribution in [-0.4, -0.2) is 34.9 Å². The van der Waals surface area contributed by atoms with Gasteiger partial charge in [0.25, 0.3) is 5.91 Å². The lowest BCUT2D eigenvalue weighted by atomic mass is 10.1. The molecule has 0 unspecified atom stereocenters. The third-order valence-corrected chi connectivity index (χ3v) is 5.08. The van der Waals surface area contributed by atoms with Gasteiger partial charge in [-0.05, 0) is 70.9 Å². The molecule has 1 atom stereocenters. The van der Waals surface area contributed by atoms with Crippen molar-refractivity contribution in [2.24, 2.45) is 0 Å². The van der Waals surface area contributed by atoms with Crippen LogP contribution in [0.4, 0.5) is 0 Å². The summed E-state index contributed by atoms with van der Waals surface area (Å²) in [6, 6.07) is 12.9. The van der Waals surface area contributed by atoms with Crippen LogP contribution in [-0.2, 0) is 16.1 Å². The number of aryl methyl sites for hydroxylation is 2. The summed E-state index contributed by atoms with van der Waals surface area (Å²) in [5, 5.41) is 2.96. The normalized spacial score (nSPS) is 12.2. The van der Waals surface area contributed by atoms with Crippen LogP contribution in [0, 0.1) is 13.8 Å². The molecule has 6 heteroatoms. The number of amides is 2. The molecular formula is C24H31BrN2O3. The topological polar surface area (TPSA) is 58.6 Å². The van der Waals surface area contributed by atoms with E-state index in [0.29, 0.717) is 12.3 Å². The summed E-state index contributed by atoms with van der Waals surface area (Å²) in [4.78, 5) is 27.4. The monoisotopic (exact) mass is 474 g/mol. The maximum atomic E-state index is 13.1. The lowest BCUT2D eigenvalue weighted by Crippen LogP contribution is -2.53.